The average Bonchev–Trinajstić information content (AvgIpc) is 3.11. The van der Waals surface area contributed by atoms with Crippen LogP contribution in [0.15, 0.2) is 34.7 Å². The van der Waals surface area contributed by atoms with Crippen LogP contribution in [0.5, 0.6) is 0 Å². The largest absolute Gasteiger partial charge is 0.426 e. The highest BCUT2D eigenvalue weighted by Gasteiger charge is 2.28. The molecule has 0 bridgehead atoms. The van der Waals surface area contributed by atoms with Gasteiger partial charge in [0.2, 0.25) is 27.7 Å². The number of piperazine rings is 1. The molecule has 27 heavy (non-hydrogen) atoms. The Morgan fingerprint density at radius 3 is 2.41 bits per heavy atom. The first-order valence-corrected chi connectivity index (χ1v) is 10.6. The molecular formula is C18H24N4O4S. The van der Waals surface area contributed by atoms with E-state index in [4.69, 9.17) is 4.42 Å². The second kappa shape index (κ2) is 8.62. The number of hydrogen-bond acceptors (Lipinski definition) is 6. The van der Waals surface area contributed by atoms with Gasteiger partial charge in [-0.25, -0.2) is 8.42 Å². The molecular weight excluding hydrogens is 368 g/mol. The Labute approximate surface area is 159 Å². The van der Waals surface area contributed by atoms with Gasteiger partial charge < -0.3 is 9.32 Å². The molecule has 0 radical (unpaired) electrons. The van der Waals surface area contributed by atoms with Crippen LogP contribution >= 0.6 is 0 Å². The van der Waals surface area contributed by atoms with Crippen molar-refractivity contribution in [1.29, 1.82) is 0 Å². The van der Waals surface area contributed by atoms with E-state index in [1.165, 1.54) is 4.31 Å². The van der Waals surface area contributed by atoms with Crippen molar-refractivity contribution in [1.82, 2.24) is 19.4 Å². The third kappa shape index (κ3) is 5.36. The number of hydrogen-bond donors (Lipinski definition) is 0. The number of nitrogens with zero attached hydrogens (tertiary/aromatic N) is 4. The molecule has 0 atom stereocenters. The van der Waals surface area contributed by atoms with Crippen LogP contribution < -0.4 is 0 Å². The SMILES string of the molecule is Cc1nnc(CCC(=O)N2CCN(S(=O)(=O)CCc3ccccc3)CC2)o1. The molecule has 1 aliphatic heterocycles. The molecule has 8 nitrogen and oxygen atoms in total. The number of sulfonamides is 1. The molecule has 1 aromatic heterocycles. The van der Waals surface area contributed by atoms with E-state index < -0.39 is 10.0 Å². The molecule has 0 aliphatic carbocycles. The average molecular weight is 392 g/mol. The summed E-state index contributed by atoms with van der Waals surface area (Å²) in [5, 5.41) is 7.62. The maximum atomic E-state index is 12.5. The molecule has 2 aromatic rings. The van der Waals surface area contributed by atoms with Crippen molar-refractivity contribution >= 4 is 15.9 Å². The second-order valence-electron chi connectivity index (χ2n) is 6.55. The predicted molar refractivity (Wildman–Crippen MR) is 99.4 cm³/mol. The van der Waals surface area contributed by atoms with E-state index in [1.54, 1.807) is 11.8 Å². The molecule has 1 aliphatic rings. The van der Waals surface area contributed by atoms with Crippen LogP contribution in [0, 0.1) is 6.92 Å². The van der Waals surface area contributed by atoms with Gasteiger partial charge in [-0.1, -0.05) is 30.3 Å². The molecule has 0 N–H and O–H groups in total. The van der Waals surface area contributed by atoms with Crippen LogP contribution in [-0.4, -0.2) is 65.7 Å². The molecule has 0 saturated carbocycles. The third-order valence-corrected chi connectivity index (χ3v) is 6.47. The van der Waals surface area contributed by atoms with Crippen molar-refractivity contribution in [2.45, 2.75) is 26.2 Å². The number of carbonyl (C=O) groups is 1. The number of benzene rings is 1. The van der Waals surface area contributed by atoms with Crippen LogP contribution in [0.25, 0.3) is 0 Å². The van der Waals surface area contributed by atoms with Crippen molar-refractivity contribution < 1.29 is 17.6 Å². The molecule has 1 amide bonds. The number of aryl methyl sites for hydroxylation is 3. The summed E-state index contributed by atoms with van der Waals surface area (Å²) in [5.74, 6) is 0.989. The summed E-state index contributed by atoms with van der Waals surface area (Å²) in [6, 6.07) is 9.58. The first-order valence-electron chi connectivity index (χ1n) is 9.02. The Morgan fingerprint density at radius 2 is 1.78 bits per heavy atom. The fourth-order valence-corrected chi connectivity index (χ4v) is 4.52. The second-order valence-corrected chi connectivity index (χ2v) is 8.63. The fourth-order valence-electron chi connectivity index (χ4n) is 3.05. The van der Waals surface area contributed by atoms with Gasteiger partial charge in [0.1, 0.15) is 0 Å². The van der Waals surface area contributed by atoms with E-state index in [1.807, 2.05) is 30.3 Å². The third-order valence-electron chi connectivity index (χ3n) is 4.60. The first-order chi connectivity index (χ1) is 12.9. The molecule has 2 heterocycles. The Hall–Kier alpha value is -2.26. The quantitative estimate of drug-likeness (QED) is 0.698. The smallest absolute Gasteiger partial charge is 0.223 e. The van der Waals surface area contributed by atoms with Crippen molar-refractivity contribution in [3.8, 4) is 0 Å². The highest BCUT2D eigenvalue weighted by atomic mass is 32.2. The first kappa shape index (κ1) is 19.5. The Balaban J connectivity index is 1.45. The highest BCUT2D eigenvalue weighted by Crippen LogP contribution is 2.12. The van der Waals surface area contributed by atoms with Gasteiger partial charge >= 0.3 is 0 Å². The number of aromatic nitrogens is 2. The predicted octanol–water partition coefficient (Wildman–Crippen LogP) is 1.03. The zero-order valence-corrected chi connectivity index (χ0v) is 16.2. The van der Waals surface area contributed by atoms with Crippen molar-refractivity contribution in [2.75, 3.05) is 31.9 Å². The van der Waals surface area contributed by atoms with E-state index in [9.17, 15) is 13.2 Å². The maximum absolute atomic E-state index is 12.5. The minimum Gasteiger partial charge on any atom is -0.426 e. The molecule has 9 heteroatoms. The molecule has 0 unspecified atom stereocenters. The normalized spacial score (nSPS) is 15.8. The van der Waals surface area contributed by atoms with Gasteiger partial charge in [-0.3, -0.25) is 4.79 Å². The summed E-state index contributed by atoms with van der Waals surface area (Å²) in [6.07, 6.45) is 1.17. The van der Waals surface area contributed by atoms with Crippen LogP contribution in [0.4, 0.5) is 0 Å². The Bertz CT molecular complexity index is 858. The topological polar surface area (TPSA) is 96.6 Å². The van der Waals surface area contributed by atoms with Gasteiger partial charge in [0.15, 0.2) is 0 Å². The van der Waals surface area contributed by atoms with E-state index in [-0.39, 0.29) is 18.1 Å². The zero-order valence-electron chi connectivity index (χ0n) is 15.4. The van der Waals surface area contributed by atoms with Crippen LogP contribution in [0.1, 0.15) is 23.8 Å². The number of carbonyl (C=O) groups excluding carboxylic acids is 1. The lowest BCUT2D eigenvalue weighted by Gasteiger charge is -2.34. The molecule has 1 fully saturated rings. The monoisotopic (exact) mass is 392 g/mol. The molecule has 1 saturated heterocycles. The van der Waals surface area contributed by atoms with Crippen LogP contribution in [-0.2, 0) is 27.7 Å². The summed E-state index contributed by atoms with van der Waals surface area (Å²) in [6.45, 7) is 3.19. The van der Waals surface area contributed by atoms with Crippen molar-refractivity contribution in [3.63, 3.8) is 0 Å². The van der Waals surface area contributed by atoms with Gasteiger partial charge in [-0.05, 0) is 12.0 Å². The molecule has 146 valence electrons. The van der Waals surface area contributed by atoms with Crippen LogP contribution in [0.2, 0.25) is 0 Å². The molecule has 0 spiro atoms. The summed E-state index contributed by atoms with van der Waals surface area (Å²) in [7, 11) is -3.32. The van der Waals surface area contributed by atoms with Crippen molar-refractivity contribution in [2.24, 2.45) is 0 Å². The molecule has 1 aromatic carbocycles. The van der Waals surface area contributed by atoms with Gasteiger partial charge in [0.25, 0.3) is 0 Å². The lowest BCUT2D eigenvalue weighted by molar-refractivity contribution is -0.132. The van der Waals surface area contributed by atoms with Gasteiger partial charge in [0, 0.05) is 45.9 Å². The van der Waals surface area contributed by atoms with E-state index in [0.717, 1.165) is 5.56 Å². The van der Waals surface area contributed by atoms with E-state index >= 15 is 0 Å². The molecule has 3 rings (SSSR count). The Kier molecular flexibility index (Phi) is 6.22. The fraction of sp³-hybridized carbons (Fsp3) is 0.500. The number of rotatable bonds is 7. The number of amides is 1. The van der Waals surface area contributed by atoms with Gasteiger partial charge in [-0.2, -0.15) is 4.31 Å². The lowest BCUT2D eigenvalue weighted by atomic mass is 10.2. The van der Waals surface area contributed by atoms with E-state index in [0.29, 0.717) is 50.8 Å². The lowest BCUT2D eigenvalue weighted by Crippen LogP contribution is -2.51. The summed E-state index contributed by atoms with van der Waals surface area (Å²) in [5.41, 5.74) is 1.01. The Morgan fingerprint density at radius 1 is 1.07 bits per heavy atom. The zero-order chi connectivity index (χ0) is 19.3. The van der Waals surface area contributed by atoms with E-state index in [2.05, 4.69) is 10.2 Å². The van der Waals surface area contributed by atoms with Gasteiger partial charge in [-0.15, -0.1) is 10.2 Å². The minimum absolute atomic E-state index is 0.0211. The van der Waals surface area contributed by atoms with Crippen LogP contribution in [0.3, 0.4) is 0 Å². The minimum atomic E-state index is -3.32. The van der Waals surface area contributed by atoms with Gasteiger partial charge in [0.05, 0.1) is 5.75 Å². The maximum Gasteiger partial charge on any atom is 0.223 e. The summed E-state index contributed by atoms with van der Waals surface area (Å²) in [4.78, 5) is 14.0. The van der Waals surface area contributed by atoms with Crippen molar-refractivity contribution in [3.05, 3.63) is 47.7 Å². The standard InChI is InChI=1S/C18H24N4O4S/c1-15-19-20-17(26-15)7-8-18(23)21-10-12-22(13-11-21)27(24,25)14-9-16-5-3-2-4-6-16/h2-6H,7-14H2,1H3. The summed E-state index contributed by atoms with van der Waals surface area (Å²) < 4.78 is 31.8. The summed E-state index contributed by atoms with van der Waals surface area (Å²) >= 11 is 0. The highest BCUT2D eigenvalue weighted by molar-refractivity contribution is 7.89.